The molecule has 1 aromatic rings. The van der Waals surface area contributed by atoms with Crippen molar-refractivity contribution in [1.82, 2.24) is 0 Å². The standard InChI is InChI=1S/C11H9I3O7/c12-6-4(10(17)18)7(13)9(21-2-3(16)1-15)8(14)5(6)11(19)20/h3,15-16H,1-2H2,(H,17,18)(H,19,20). The topological polar surface area (TPSA) is 124 Å². The van der Waals surface area contributed by atoms with E-state index in [1.54, 1.807) is 67.8 Å². The molecule has 1 aromatic carbocycles. The highest BCUT2D eigenvalue weighted by Crippen LogP contribution is 2.37. The van der Waals surface area contributed by atoms with Gasteiger partial charge in [-0.1, -0.05) is 0 Å². The molecule has 0 fully saturated rings. The Bertz CT molecular complexity index is 547. The molecule has 10 heteroatoms. The summed E-state index contributed by atoms with van der Waals surface area (Å²) < 4.78 is 5.89. The van der Waals surface area contributed by atoms with E-state index in [2.05, 4.69) is 0 Å². The van der Waals surface area contributed by atoms with Gasteiger partial charge in [-0.15, -0.1) is 0 Å². The molecule has 0 aliphatic heterocycles. The van der Waals surface area contributed by atoms with Gasteiger partial charge in [-0.2, -0.15) is 0 Å². The molecule has 0 saturated carbocycles. The predicted octanol–water partition coefficient (Wildman–Crippen LogP) is 1.63. The normalized spacial score (nSPS) is 12.0. The van der Waals surface area contributed by atoms with Gasteiger partial charge in [0.2, 0.25) is 0 Å². The fourth-order valence-corrected chi connectivity index (χ4v) is 5.78. The molecule has 1 unspecified atom stereocenters. The number of hydrogen-bond donors (Lipinski definition) is 4. The second kappa shape index (κ2) is 8.07. The first-order valence-electron chi connectivity index (χ1n) is 5.31. The van der Waals surface area contributed by atoms with Crippen molar-refractivity contribution in [3.05, 3.63) is 21.8 Å². The third-order valence-electron chi connectivity index (χ3n) is 2.34. The zero-order valence-corrected chi connectivity index (χ0v) is 16.6. The summed E-state index contributed by atoms with van der Waals surface area (Å²) in [5.74, 6) is -2.47. The van der Waals surface area contributed by atoms with Crippen LogP contribution < -0.4 is 4.74 Å². The number of aliphatic hydroxyl groups is 2. The van der Waals surface area contributed by atoms with Crippen LogP contribution in [0.5, 0.6) is 5.75 Å². The summed E-state index contributed by atoms with van der Waals surface area (Å²) in [5, 5.41) is 36.5. The van der Waals surface area contributed by atoms with E-state index in [1.807, 2.05) is 0 Å². The number of aliphatic hydroxyl groups excluding tert-OH is 2. The number of aromatic carboxylic acids is 2. The Morgan fingerprint density at radius 2 is 1.43 bits per heavy atom. The molecule has 0 aliphatic rings. The van der Waals surface area contributed by atoms with Crippen molar-refractivity contribution in [3.63, 3.8) is 0 Å². The lowest BCUT2D eigenvalue weighted by molar-refractivity contribution is 0.0527. The van der Waals surface area contributed by atoms with E-state index in [0.29, 0.717) is 0 Å². The second-order valence-corrected chi connectivity index (χ2v) is 7.02. The Morgan fingerprint density at radius 1 is 1.00 bits per heavy atom. The Hall–Kier alpha value is 0.0700. The van der Waals surface area contributed by atoms with Crippen LogP contribution in [0.3, 0.4) is 0 Å². The summed E-state index contributed by atoms with van der Waals surface area (Å²) in [7, 11) is 0. The number of rotatable bonds is 6. The Labute approximate surface area is 160 Å². The quantitative estimate of drug-likeness (QED) is 0.351. The molecule has 0 amide bonds. The molecule has 4 N–H and O–H groups in total. The van der Waals surface area contributed by atoms with Crippen molar-refractivity contribution in [3.8, 4) is 5.75 Å². The number of carbonyl (C=O) groups is 2. The predicted molar refractivity (Wildman–Crippen MR) is 97.1 cm³/mol. The molecule has 1 rings (SSSR count). The fourth-order valence-electron chi connectivity index (χ4n) is 1.38. The van der Waals surface area contributed by atoms with E-state index in [-0.39, 0.29) is 34.2 Å². The largest absolute Gasteiger partial charge is 0.489 e. The van der Waals surface area contributed by atoms with E-state index in [4.69, 9.17) is 9.84 Å². The molecule has 0 heterocycles. The van der Waals surface area contributed by atoms with Crippen molar-refractivity contribution in [2.24, 2.45) is 0 Å². The van der Waals surface area contributed by atoms with Gasteiger partial charge in [0.15, 0.2) is 0 Å². The first-order valence-corrected chi connectivity index (χ1v) is 8.54. The van der Waals surface area contributed by atoms with Crippen molar-refractivity contribution in [2.45, 2.75) is 6.10 Å². The van der Waals surface area contributed by atoms with Gasteiger partial charge in [0, 0.05) is 3.57 Å². The zero-order chi connectivity index (χ0) is 16.3. The summed E-state index contributed by atoms with van der Waals surface area (Å²) in [4.78, 5) is 22.7. The van der Waals surface area contributed by atoms with Crippen LogP contribution in [-0.4, -0.2) is 51.7 Å². The molecule has 0 spiro atoms. The Kier molecular flexibility index (Phi) is 7.35. The van der Waals surface area contributed by atoms with Crippen molar-refractivity contribution >= 4 is 79.7 Å². The molecule has 0 bridgehead atoms. The van der Waals surface area contributed by atoms with E-state index < -0.39 is 24.6 Å². The number of carboxylic acid groups (broad SMARTS) is 2. The van der Waals surface area contributed by atoms with E-state index in [9.17, 15) is 24.9 Å². The average molecular weight is 634 g/mol. The van der Waals surface area contributed by atoms with Gasteiger partial charge in [-0.05, 0) is 67.8 Å². The Balaban J connectivity index is 3.48. The third kappa shape index (κ3) is 4.29. The molecular weight excluding hydrogens is 625 g/mol. The van der Waals surface area contributed by atoms with Crippen molar-refractivity contribution in [1.29, 1.82) is 0 Å². The maximum absolute atomic E-state index is 11.3. The van der Waals surface area contributed by atoms with Gasteiger partial charge in [-0.3, -0.25) is 0 Å². The van der Waals surface area contributed by atoms with Crippen LogP contribution in [0, 0.1) is 10.7 Å². The van der Waals surface area contributed by atoms with E-state index >= 15 is 0 Å². The number of carboxylic acids is 2. The maximum atomic E-state index is 11.3. The van der Waals surface area contributed by atoms with Gasteiger partial charge in [0.25, 0.3) is 0 Å². The minimum absolute atomic E-state index is 0.0684. The van der Waals surface area contributed by atoms with Gasteiger partial charge >= 0.3 is 11.9 Å². The molecule has 0 saturated heterocycles. The summed E-state index contributed by atoms with van der Waals surface area (Å²) in [6, 6.07) is 0. The van der Waals surface area contributed by atoms with Crippen LogP contribution in [-0.2, 0) is 0 Å². The van der Waals surface area contributed by atoms with Crippen molar-refractivity contribution < 1.29 is 34.8 Å². The van der Waals surface area contributed by atoms with E-state index in [1.165, 1.54) is 0 Å². The lowest BCUT2D eigenvalue weighted by atomic mass is 10.1. The van der Waals surface area contributed by atoms with Crippen LogP contribution in [0.4, 0.5) is 0 Å². The van der Waals surface area contributed by atoms with E-state index in [0.717, 1.165) is 0 Å². The van der Waals surface area contributed by atoms with Crippen LogP contribution >= 0.6 is 67.8 Å². The van der Waals surface area contributed by atoms with Crippen LogP contribution in [0.15, 0.2) is 0 Å². The molecule has 21 heavy (non-hydrogen) atoms. The van der Waals surface area contributed by atoms with Gasteiger partial charge < -0.3 is 25.2 Å². The average Bonchev–Trinajstić information content (AvgIpc) is 2.36. The lowest BCUT2D eigenvalue weighted by Crippen LogP contribution is -2.23. The highest BCUT2D eigenvalue weighted by atomic mass is 127. The highest BCUT2D eigenvalue weighted by molar-refractivity contribution is 14.1. The number of ether oxygens (including phenoxy) is 1. The smallest absolute Gasteiger partial charge is 0.338 e. The summed E-state index contributed by atoms with van der Waals surface area (Å²) in [6.45, 7) is -0.795. The molecule has 1 atom stereocenters. The molecular formula is C11H9I3O7. The molecule has 0 aromatic heterocycles. The van der Waals surface area contributed by atoms with Crippen LogP contribution in [0.25, 0.3) is 0 Å². The SMILES string of the molecule is O=C(O)c1c(I)c(OCC(O)CO)c(I)c(C(=O)O)c1I. The molecule has 7 nitrogen and oxygen atoms in total. The summed E-state index contributed by atoms with van der Waals surface area (Å²) >= 11 is 5.18. The molecule has 0 aliphatic carbocycles. The van der Waals surface area contributed by atoms with Crippen molar-refractivity contribution in [2.75, 3.05) is 13.2 Å². The summed E-state index contributed by atoms with van der Waals surface area (Å²) in [6.07, 6.45) is -1.14. The third-order valence-corrected chi connectivity index (χ3v) is 5.47. The minimum Gasteiger partial charge on any atom is -0.489 e. The van der Waals surface area contributed by atoms with Crippen LogP contribution in [0.1, 0.15) is 20.7 Å². The number of halogens is 3. The van der Waals surface area contributed by atoms with Crippen LogP contribution in [0.2, 0.25) is 0 Å². The first kappa shape index (κ1) is 19.1. The lowest BCUT2D eigenvalue weighted by Gasteiger charge is -2.17. The zero-order valence-electron chi connectivity index (χ0n) is 10.1. The second-order valence-electron chi connectivity index (χ2n) is 3.78. The number of benzene rings is 1. The first-order chi connectivity index (χ1) is 9.72. The maximum Gasteiger partial charge on any atom is 0.338 e. The monoisotopic (exact) mass is 634 g/mol. The fraction of sp³-hybridized carbons (Fsp3) is 0.273. The minimum atomic E-state index is -1.27. The highest BCUT2D eigenvalue weighted by Gasteiger charge is 2.28. The van der Waals surface area contributed by atoms with Gasteiger partial charge in [-0.25, -0.2) is 9.59 Å². The molecule has 116 valence electrons. The van der Waals surface area contributed by atoms with Gasteiger partial charge in [0.1, 0.15) is 18.5 Å². The summed E-state index contributed by atoms with van der Waals surface area (Å²) in [5.41, 5.74) is -0.329. The number of hydrogen-bond acceptors (Lipinski definition) is 5. The molecule has 0 radical (unpaired) electrons. The van der Waals surface area contributed by atoms with Gasteiger partial charge in [0.05, 0.1) is 24.9 Å². The Morgan fingerprint density at radius 3 is 1.76 bits per heavy atom.